The zero-order valence-electron chi connectivity index (χ0n) is 16.5. The fourth-order valence-corrected chi connectivity index (χ4v) is 6.32. The second kappa shape index (κ2) is 8.53. The van der Waals surface area contributed by atoms with Crippen molar-refractivity contribution in [3.05, 3.63) is 59.7 Å². The zero-order valence-corrected chi connectivity index (χ0v) is 18.2. The molecule has 2 aromatic carbocycles. The van der Waals surface area contributed by atoms with Crippen molar-refractivity contribution >= 4 is 20.0 Å². The van der Waals surface area contributed by atoms with Gasteiger partial charge in [0.1, 0.15) is 0 Å². The Balaban J connectivity index is 1.88. The van der Waals surface area contributed by atoms with Crippen LogP contribution < -0.4 is 0 Å². The van der Waals surface area contributed by atoms with Gasteiger partial charge >= 0.3 is 0 Å². The Bertz CT molecular complexity index is 964. The molecule has 9 heteroatoms. The Labute approximate surface area is 172 Å². The molecule has 1 fully saturated rings. The molecule has 0 amide bonds. The standard InChI is InChI=1S/C20H26N2O5S2/c1-16-3-7-19(8-4-16)28(24,25)21-11-12-22(14-18(13-21)15-23)29(26,27)20-9-5-17(2)6-10-20/h3-10,18,23H,11-15H2,1-2H3. The third kappa shape index (κ3) is 4.70. The van der Waals surface area contributed by atoms with Crippen molar-refractivity contribution in [2.24, 2.45) is 5.92 Å². The summed E-state index contributed by atoms with van der Waals surface area (Å²) in [5, 5.41) is 9.75. The first kappa shape index (κ1) is 21.9. The summed E-state index contributed by atoms with van der Waals surface area (Å²) in [6.45, 7) is 3.62. The molecule has 3 rings (SSSR count). The summed E-state index contributed by atoms with van der Waals surface area (Å²) in [6, 6.07) is 13.1. The van der Waals surface area contributed by atoms with Gasteiger partial charge in [-0.25, -0.2) is 16.8 Å². The predicted molar refractivity (Wildman–Crippen MR) is 110 cm³/mol. The quantitative estimate of drug-likeness (QED) is 0.765. The highest BCUT2D eigenvalue weighted by Gasteiger charge is 2.35. The molecular formula is C20H26N2O5S2. The molecule has 0 aliphatic carbocycles. The fraction of sp³-hybridized carbons (Fsp3) is 0.400. The van der Waals surface area contributed by atoms with Crippen LogP contribution in [-0.2, 0) is 20.0 Å². The second-order valence-electron chi connectivity index (χ2n) is 7.40. The summed E-state index contributed by atoms with van der Waals surface area (Å²) >= 11 is 0. The summed E-state index contributed by atoms with van der Waals surface area (Å²) in [4.78, 5) is 0.323. The highest BCUT2D eigenvalue weighted by molar-refractivity contribution is 7.89. The van der Waals surface area contributed by atoms with Crippen LogP contribution in [0, 0.1) is 19.8 Å². The third-order valence-electron chi connectivity index (χ3n) is 5.10. The highest BCUT2D eigenvalue weighted by Crippen LogP contribution is 2.24. The van der Waals surface area contributed by atoms with Gasteiger partial charge in [-0.15, -0.1) is 0 Å². The lowest BCUT2D eigenvalue weighted by molar-refractivity contribution is 0.200. The first-order valence-corrected chi connectivity index (χ1v) is 12.3. The van der Waals surface area contributed by atoms with Crippen LogP contribution >= 0.6 is 0 Å². The van der Waals surface area contributed by atoms with Crippen molar-refractivity contribution < 1.29 is 21.9 Å². The van der Waals surface area contributed by atoms with Crippen molar-refractivity contribution in [2.75, 3.05) is 32.8 Å². The van der Waals surface area contributed by atoms with E-state index < -0.39 is 26.0 Å². The Kier molecular flexibility index (Phi) is 6.45. The highest BCUT2D eigenvalue weighted by atomic mass is 32.2. The Morgan fingerprint density at radius 3 is 1.41 bits per heavy atom. The number of hydrogen-bond donors (Lipinski definition) is 1. The van der Waals surface area contributed by atoms with E-state index in [1.165, 1.54) is 8.61 Å². The van der Waals surface area contributed by atoms with Crippen LogP contribution in [0.5, 0.6) is 0 Å². The molecule has 29 heavy (non-hydrogen) atoms. The van der Waals surface area contributed by atoms with E-state index in [9.17, 15) is 21.9 Å². The predicted octanol–water partition coefficient (Wildman–Crippen LogP) is 1.61. The van der Waals surface area contributed by atoms with Gasteiger partial charge in [0, 0.05) is 38.7 Å². The van der Waals surface area contributed by atoms with Gasteiger partial charge < -0.3 is 5.11 Å². The maximum Gasteiger partial charge on any atom is 0.243 e. The van der Waals surface area contributed by atoms with Gasteiger partial charge in [0.25, 0.3) is 0 Å². The molecule has 0 unspecified atom stereocenters. The van der Waals surface area contributed by atoms with E-state index in [0.717, 1.165) is 11.1 Å². The summed E-state index contributed by atoms with van der Waals surface area (Å²) in [6.07, 6.45) is 0. The molecule has 0 saturated carbocycles. The summed E-state index contributed by atoms with van der Waals surface area (Å²) in [7, 11) is -7.57. The largest absolute Gasteiger partial charge is 0.396 e. The van der Waals surface area contributed by atoms with Crippen molar-refractivity contribution in [3.63, 3.8) is 0 Å². The third-order valence-corrected chi connectivity index (χ3v) is 8.86. The molecule has 0 radical (unpaired) electrons. The number of rotatable bonds is 5. The second-order valence-corrected chi connectivity index (χ2v) is 11.3. The molecule has 158 valence electrons. The van der Waals surface area contributed by atoms with E-state index in [0.29, 0.717) is 0 Å². The van der Waals surface area contributed by atoms with Crippen LogP contribution in [0.2, 0.25) is 0 Å². The normalized spacial score (nSPS) is 17.9. The summed E-state index contributed by atoms with van der Waals surface area (Å²) < 4.78 is 54.7. The molecule has 1 saturated heterocycles. The van der Waals surface area contributed by atoms with Crippen LogP contribution in [0.3, 0.4) is 0 Å². The van der Waals surface area contributed by atoms with Gasteiger partial charge in [-0.2, -0.15) is 8.61 Å². The van der Waals surface area contributed by atoms with E-state index in [-0.39, 0.29) is 42.6 Å². The lowest BCUT2D eigenvalue weighted by atomic mass is 10.1. The molecule has 0 aromatic heterocycles. The fourth-order valence-electron chi connectivity index (χ4n) is 3.31. The minimum absolute atomic E-state index is 0.0256. The zero-order chi connectivity index (χ0) is 21.2. The average Bonchev–Trinajstić information content (AvgIpc) is 2.92. The summed E-state index contributed by atoms with van der Waals surface area (Å²) in [5.74, 6) is -0.516. The van der Waals surface area contributed by atoms with Crippen LogP contribution in [0.1, 0.15) is 11.1 Å². The first-order valence-electron chi connectivity index (χ1n) is 9.39. The molecule has 0 atom stereocenters. The van der Waals surface area contributed by atoms with E-state index >= 15 is 0 Å². The monoisotopic (exact) mass is 438 g/mol. The molecule has 2 aromatic rings. The number of aryl methyl sites for hydroxylation is 2. The maximum absolute atomic E-state index is 13.1. The number of sulfonamides is 2. The SMILES string of the molecule is Cc1ccc(S(=O)(=O)N2CCN(S(=O)(=O)c3ccc(C)cc3)CC(CO)C2)cc1. The Morgan fingerprint density at radius 2 is 1.10 bits per heavy atom. The number of aliphatic hydroxyl groups excluding tert-OH is 1. The van der Waals surface area contributed by atoms with Gasteiger partial charge in [0.05, 0.1) is 9.79 Å². The number of nitrogens with zero attached hydrogens (tertiary/aromatic N) is 2. The van der Waals surface area contributed by atoms with Crippen LogP contribution in [0.4, 0.5) is 0 Å². The lowest BCUT2D eigenvalue weighted by Crippen LogP contribution is -2.37. The van der Waals surface area contributed by atoms with Gasteiger partial charge in [-0.05, 0) is 38.1 Å². The van der Waals surface area contributed by atoms with Gasteiger partial charge in [0.2, 0.25) is 20.0 Å². The molecule has 0 bridgehead atoms. The van der Waals surface area contributed by atoms with Gasteiger partial charge in [0.15, 0.2) is 0 Å². The Morgan fingerprint density at radius 1 is 0.759 bits per heavy atom. The topological polar surface area (TPSA) is 95.0 Å². The maximum atomic E-state index is 13.1. The number of benzene rings is 2. The molecule has 1 aliphatic heterocycles. The van der Waals surface area contributed by atoms with Crippen molar-refractivity contribution in [1.82, 2.24) is 8.61 Å². The molecule has 1 N–H and O–H groups in total. The van der Waals surface area contributed by atoms with E-state index in [1.807, 2.05) is 13.8 Å². The molecule has 0 spiro atoms. The lowest BCUT2D eigenvalue weighted by Gasteiger charge is -2.22. The molecule has 7 nitrogen and oxygen atoms in total. The van der Waals surface area contributed by atoms with E-state index in [4.69, 9.17) is 0 Å². The summed E-state index contributed by atoms with van der Waals surface area (Å²) in [5.41, 5.74) is 1.90. The van der Waals surface area contributed by atoms with E-state index in [1.54, 1.807) is 48.5 Å². The minimum atomic E-state index is -3.78. The van der Waals surface area contributed by atoms with Crippen LogP contribution in [0.25, 0.3) is 0 Å². The van der Waals surface area contributed by atoms with Crippen molar-refractivity contribution in [3.8, 4) is 0 Å². The Hall–Kier alpha value is -1.78. The van der Waals surface area contributed by atoms with Crippen LogP contribution in [-0.4, -0.2) is 63.3 Å². The first-order chi connectivity index (χ1) is 13.6. The number of hydrogen-bond acceptors (Lipinski definition) is 5. The average molecular weight is 439 g/mol. The smallest absolute Gasteiger partial charge is 0.243 e. The molecular weight excluding hydrogens is 412 g/mol. The molecule has 1 heterocycles. The van der Waals surface area contributed by atoms with Crippen LogP contribution in [0.15, 0.2) is 58.3 Å². The molecule has 1 aliphatic rings. The van der Waals surface area contributed by atoms with Crippen molar-refractivity contribution in [2.45, 2.75) is 23.6 Å². The van der Waals surface area contributed by atoms with Gasteiger partial charge in [-0.1, -0.05) is 35.4 Å². The minimum Gasteiger partial charge on any atom is -0.396 e. The van der Waals surface area contributed by atoms with Crippen molar-refractivity contribution in [1.29, 1.82) is 0 Å². The van der Waals surface area contributed by atoms with E-state index in [2.05, 4.69) is 0 Å². The van der Waals surface area contributed by atoms with Gasteiger partial charge in [-0.3, -0.25) is 0 Å². The number of aliphatic hydroxyl groups is 1.